The van der Waals surface area contributed by atoms with E-state index in [2.05, 4.69) is 15.1 Å². The van der Waals surface area contributed by atoms with Crippen LogP contribution in [0.4, 0.5) is 0 Å². The highest BCUT2D eigenvalue weighted by Crippen LogP contribution is 1.91. The Hall–Kier alpha value is -1.89. The molecule has 4 heteroatoms. The highest BCUT2D eigenvalue weighted by Gasteiger charge is 2.02. The zero-order valence-electron chi connectivity index (χ0n) is 7.03. The average Bonchev–Trinajstić information content (AvgIpc) is 2.17. The van der Waals surface area contributed by atoms with Gasteiger partial charge in [-0.05, 0) is 12.1 Å². The third kappa shape index (κ3) is 3.34. The van der Waals surface area contributed by atoms with Crippen molar-refractivity contribution in [1.29, 1.82) is 0 Å². The molecular formula is C9H9N3O. The van der Waals surface area contributed by atoms with E-state index < -0.39 is 0 Å². The van der Waals surface area contributed by atoms with Gasteiger partial charge in [0.15, 0.2) is 0 Å². The molecule has 1 rings (SSSR count). The highest BCUT2D eigenvalue weighted by atomic mass is 16.1. The Balaban J connectivity index is 2.36. The summed E-state index contributed by atoms with van der Waals surface area (Å²) in [7, 11) is 0. The Morgan fingerprint density at radius 1 is 1.62 bits per heavy atom. The number of amides is 1. The molecule has 0 bridgehead atoms. The summed E-state index contributed by atoms with van der Waals surface area (Å²) in [5.74, 6) is -0.263. The Morgan fingerprint density at radius 3 is 3.08 bits per heavy atom. The van der Waals surface area contributed by atoms with Crippen LogP contribution in [0.15, 0.2) is 24.4 Å². The van der Waals surface area contributed by atoms with Crippen LogP contribution in [0.3, 0.4) is 0 Å². The van der Waals surface area contributed by atoms with Gasteiger partial charge >= 0.3 is 5.91 Å². The third-order valence-corrected chi connectivity index (χ3v) is 1.42. The summed E-state index contributed by atoms with van der Waals surface area (Å²) in [6, 6.07) is 5.48. The van der Waals surface area contributed by atoms with Gasteiger partial charge in [0.05, 0.1) is 12.2 Å². The summed E-state index contributed by atoms with van der Waals surface area (Å²) in [5.41, 5.74) is 0.792. The van der Waals surface area contributed by atoms with Crippen molar-refractivity contribution in [2.24, 2.45) is 0 Å². The first-order valence-electron chi connectivity index (χ1n) is 3.83. The van der Waals surface area contributed by atoms with E-state index in [0.29, 0.717) is 6.54 Å². The summed E-state index contributed by atoms with van der Waals surface area (Å²) in [6.45, 7) is 6.73. The van der Waals surface area contributed by atoms with Gasteiger partial charge in [0.1, 0.15) is 0 Å². The molecule has 0 saturated carbocycles. The maximum atomic E-state index is 10.9. The van der Waals surface area contributed by atoms with E-state index in [0.717, 1.165) is 5.69 Å². The molecule has 0 unspecified atom stereocenters. The van der Waals surface area contributed by atoms with Gasteiger partial charge < -0.3 is 10.2 Å². The minimum atomic E-state index is -0.263. The van der Waals surface area contributed by atoms with Crippen LogP contribution in [0.2, 0.25) is 0 Å². The van der Waals surface area contributed by atoms with Crippen LogP contribution >= 0.6 is 0 Å². The number of hydrogen-bond donors (Lipinski definition) is 1. The number of hydrogen-bond acceptors (Lipinski definition) is 2. The zero-order chi connectivity index (χ0) is 9.52. The molecule has 1 amide bonds. The second kappa shape index (κ2) is 4.88. The van der Waals surface area contributed by atoms with E-state index in [1.54, 1.807) is 6.20 Å². The van der Waals surface area contributed by atoms with Gasteiger partial charge in [0.2, 0.25) is 0 Å². The highest BCUT2D eigenvalue weighted by molar-refractivity contribution is 5.79. The third-order valence-electron chi connectivity index (χ3n) is 1.42. The van der Waals surface area contributed by atoms with E-state index in [1.807, 2.05) is 18.2 Å². The lowest BCUT2D eigenvalue weighted by Gasteiger charge is -1.99. The molecule has 0 spiro atoms. The number of rotatable bonds is 3. The van der Waals surface area contributed by atoms with Crippen LogP contribution in [0, 0.1) is 6.57 Å². The molecular weight excluding hydrogens is 166 g/mol. The topological polar surface area (TPSA) is 46.4 Å². The first kappa shape index (κ1) is 9.20. The van der Waals surface area contributed by atoms with Crippen molar-refractivity contribution in [3.05, 3.63) is 41.5 Å². The molecule has 0 radical (unpaired) electrons. The van der Waals surface area contributed by atoms with Gasteiger partial charge in [-0.1, -0.05) is 6.07 Å². The molecule has 0 atom stereocenters. The first-order chi connectivity index (χ1) is 6.33. The number of nitrogens with zero attached hydrogens (tertiary/aromatic N) is 2. The van der Waals surface area contributed by atoms with Crippen molar-refractivity contribution < 1.29 is 4.79 Å². The standard InChI is InChI=1S/C9H9N3O/c1-10-7-9(13)12-6-8-4-2-3-5-11-8/h2-5H,6-7H2,(H,12,13). The molecule has 66 valence electrons. The summed E-state index contributed by atoms with van der Waals surface area (Å²) in [6.07, 6.45) is 1.66. The Bertz CT molecular complexity index is 315. The SMILES string of the molecule is [C-]#[N+]CC(=O)NCc1ccccn1. The molecule has 0 saturated heterocycles. The van der Waals surface area contributed by atoms with Gasteiger partial charge in [0.25, 0.3) is 6.54 Å². The fourth-order valence-electron chi connectivity index (χ4n) is 0.820. The summed E-state index contributed by atoms with van der Waals surface area (Å²) in [4.78, 5) is 17.8. The molecule has 4 nitrogen and oxygen atoms in total. The van der Waals surface area contributed by atoms with Crippen LogP contribution < -0.4 is 5.32 Å². The quantitative estimate of drug-likeness (QED) is 0.684. The van der Waals surface area contributed by atoms with E-state index in [1.165, 1.54) is 0 Å². The molecule has 1 N–H and O–H groups in total. The smallest absolute Gasteiger partial charge is 0.300 e. The molecule has 0 aliphatic carbocycles. The van der Waals surface area contributed by atoms with E-state index in [4.69, 9.17) is 6.57 Å². The fraction of sp³-hybridized carbons (Fsp3) is 0.222. The van der Waals surface area contributed by atoms with E-state index in [-0.39, 0.29) is 12.5 Å². The van der Waals surface area contributed by atoms with Crippen LogP contribution in [0.1, 0.15) is 5.69 Å². The molecule has 0 fully saturated rings. The van der Waals surface area contributed by atoms with Crippen LogP contribution in [0.5, 0.6) is 0 Å². The number of aromatic nitrogens is 1. The van der Waals surface area contributed by atoms with Crippen molar-refractivity contribution in [2.75, 3.05) is 6.54 Å². The Morgan fingerprint density at radius 2 is 2.46 bits per heavy atom. The van der Waals surface area contributed by atoms with Crippen LogP contribution in [0.25, 0.3) is 4.85 Å². The lowest BCUT2D eigenvalue weighted by atomic mass is 10.3. The zero-order valence-corrected chi connectivity index (χ0v) is 7.03. The number of nitrogens with one attached hydrogen (secondary N) is 1. The van der Waals surface area contributed by atoms with Crippen molar-refractivity contribution in [3.63, 3.8) is 0 Å². The minimum absolute atomic E-state index is 0.118. The van der Waals surface area contributed by atoms with E-state index in [9.17, 15) is 4.79 Å². The maximum absolute atomic E-state index is 10.9. The summed E-state index contributed by atoms with van der Waals surface area (Å²) >= 11 is 0. The number of carbonyl (C=O) groups excluding carboxylic acids is 1. The van der Waals surface area contributed by atoms with Gasteiger partial charge in [-0.25, -0.2) is 6.57 Å². The van der Waals surface area contributed by atoms with Gasteiger partial charge in [-0.2, -0.15) is 0 Å². The van der Waals surface area contributed by atoms with Crippen LogP contribution in [-0.4, -0.2) is 17.4 Å². The molecule has 0 aromatic carbocycles. The maximum Gasteiger partial charge on any atom is 0.300 e. The van der Waals surface area contributed by atoms with Crippen molar-refractivity contribution in [2.45, 2.75) is 6.54 Å². The molecule has 1 heterocycles. The molecule has 1 aromatic heterocycles. The average molecular weight is 175 g/mol. The lowest BCUT2D eigenvalue weighted by Crippen LogP contribution is -2.24. The predicted molar refractivity (Wildman–Crippen MR) is 47.6 cm³/mol. The summed E-state index contributed by atoms with van der Waals surface area (Å²) in [5, 5.41) is 2.58. The number of carbonyl (C=O) groups is 1. The Labute approximate surface area is 76.4 Å². The van der Waals surface area contributed by atoms with Crippen molar-refractivity contribution in [1.82, 2.24) is 10.3 Å². The first-order valence-corrected chi connectivity index (χ1v) is 3.83. The van der Waals surface area contributed by atoms with E-state index >= 15 is 0 Å². The molecule has 13 heavy (non-hydrogen) atoms. The van der Waals surface area contributed by atoms with Gasteiger partial charge in [-0.15, -0.1) is 0 Å². The predicted octanol–water partition coefficient (Wildman–Crippen LogP) is 0.617. The summed E-state index contributed by atoms with van der Waals surface area (Å²) < 4.78 is 0. The monoisotopic (exact) mass is 175 g/mol. The Kier molecular flexibility index (Phi) is 3.45. The molecule has 0 aliphatic rings. The van der Waals surface area contributed by atoms with Crippen molar-refractivity contribution in [3.8, 4) is 0 Å². The van der Waals surface area contributed by atoms with Gasteiger partial charge in [0, 0.05) is 6.20 Å². The van der Waals surface area contributed by atoms with Crippen molar-refractivity contribution >= 4 is 5.91 Å². The second-order valence-electron chi connectivity index (χ2n) is 2.41. The largest absolute Gasteiger partial charge is 0.344 e. The normalized spacial score (nSPS) is 8.85. The molecule has 1 aromatic rings. The lowest BCUT2D eigenvalue weighted by molar-refractivity contribution is -0.119. The second-order valence-corrected chi connectivity index (χ2v) is 2.41. The minimum Gasteiger partial charge on any atom is -0.344 e. The fourth-order valence-corrected chi connectivity index (χ4v) is 0.820. The molecule has 0 aliphatic heterocycles. The van der Waals surface area contributed by atoms with Gasteiger partial charge in [-0.3, -0.25) is 9.78 Å². The number of pyridine rings is 1. The van der Waals surface area contributed by atoms with Crippen LogP contribution in [-0.2, 0) is 11.3 Å².